The maximum Gasteiger partial charge on any atom is 0.259 e. The fourth-order valence-corrected chi connectivity index (χ4v) is 1.76. The molecule has 0 radical (unpaired) electrons. The van der Waals surface area contributed by atoms with Crippen LogP contribution in [0.1, 0.15) is 30.6 Å². The van der Waals surface area contributed by atoms with E-state index in [0.717, 1.165) is 6.42 Å². The summed E-state index contributed by atoms with van der Waals surface area (Å²) >= 11 is 0. The van der Waals surface area contributed by atoms with Gasteiger partial charge in [-0.1, -0.05) is 12.1 Å². The van der Waals surface area contributed by atoms with Crippen LogP contribution in [0.5, 0.6) is 5.88 Å². The summed E-state index contributed by atoms with van der Waals surface area (Å²) in [5.41, 5.74) is 6.94. The number of pyridine rings is 1. The Balaban J connectivity index is 2.34. The standard InChI is InChI=1S/C14H18N4O3/c1-4-8(2)17-14(19)11-12(18-21-13(11)15)9-5-6-10(20-3)16-7-9/h5-8H,4,15H2,1-3H3,(H,17,19). The molecule has 0 bridgehead atoms. The van der Waals surface area contributed by atoms with Crippen molar-refractivity contribution in [1.29, 1.82) is 0 Å². The fourth-order valence-electron chi connectivity index (χ4n) is 1.76. The van der Waals surface area contributed by atoms with Crippen LogP contribution in [0.25, 0.3) is 11.3 Å². The molecule has 2 heterocycles. The lowest BCUT2D eigenvalue weighted by Gasteiger charge is -2.11. The summed E-state index contributed by atoms with van der Waals surface area (Å²) in [6, 6.07) is 3.45. The molecule has 0 aliphatic rings. The van der Waals surface area contributed by atoms with Crippen molar-refractivity contribution in [3.8, 4) is 17.1 Å². The summed E-state index contributed by atoms with van der Waals surface area (Å²) in [5.74, 6) is 0.149. The molecule has 1 atom stereocenters. The summed E-state index contributed by atoms with van der Waals surface area (Å²) in [5, 5.41) is 6.70. The second kappa shape index (κ2) is 6.25. The molecule has 7 heteroatoms. The third-order valence-electron chi connectivity index (χ3n) is 3.15. The van der Waals surface area contributed by atoms with Crippen molar-refractivity contribution in [2.24, 2.45) is 0 Å². The Hall–Kier alpha value is -2.57. The van der Waals surface area contributed by atoms with Crippen molar-refractivity contribution < 1.29 is 14.1 Å². The summed E-state index contributed by atoms with van der Waals surface area (Å²) in [6.07, 6.45) is 2.37. The number of methoxy groups -OCH3 is 1. The summed E-state index contributed by atoms with van der Waals surface area (Å²) in [4.78, 5) is 16.4. The SMILES string of the molecule is CCC(C)NC(=O)c1c(-c2ccc(OC)nc2)noc1N. The maximum atomic E-state index is 12.3. The number of nitrogens with two attached hydrogens (primary N) is 1. The highest BCUT2D eigenvalue weighted by molar-refractivity contribution is 6.03. The van der Waals surface area contributed by atoms with E-state index in [1.54, 1.807) is 18.3 Å². The van der Waals surface area contributed by atoms with Crippen LogP contribution in [0.4, 0.5) is 5.88 Å². The predicted octanol–water partition coefficient (Wildman–Crippen LogP) is 1.86. The molecule has 1 amide bonds. The average Bonchev–Trinajstić information content (AvgIpc) is 2.89. The van der Waals surface area contributed by atoms with Crippen molar-refractivity contribution in [1.82, 2.24) is 15.5 Å². The smallest absolute Gasteiger partial charge is 0.259 e. The lowest BCUT2D eigenvalue weighted by atomic mass is 10.1. The molecule has 7 nitrogen and oxygen atoms in total. The molecule has 1 unspecified atom stereocenters. The van der Waals surface area contributed by atoms with Crippen LogP contribution in [0.3, 0.4) is 0 Å². The molecule has 2 aromatic heterocycles. The van der Waals surface area contributed by atoms with Crippen LogP contribution < -0.4 is 15.8 Å². The number of aromatic nitrogens is 2. The Kier molecular flexibility index (Phi) is 4.42. The molecule has 3 N–H and O–H groups in total. The van der Waals surface area contributed by atoms with Gasteiger partial charge in [0.2, 0.25) is 11.8 Å². The Morgan fingerprint density at radius 3 is 2.86 bits per heavy atom. The lowest BCUT2D eigenvalue weighted by Crippen LogP contribution is -2.32. The number of amides is 1. The highest BCUT2D eigenvalue weighted by atomic mass is 16.5. The van der Waals surface area contributed by atoms with Gasteiger partial charge in [0.05, 0.1) is 7.11 Å². The summed E-state index contributed by atoms with van der Waals surface area (Å²) in [6.45, 7) is 3.90. The summed E-state index contributed by atoms with van der Waals surface area (Å²) in [7, 11) is 1.53. The Bertz CT molecular complexity index is 622. The highest BCUT2D eigenvalue weighted by Gasteiger charge is 2.23. The van der Waals surface area contributed by atoms with Gasteiger partial charge in [-0.15, -0.1) is 0 Å². The van der Waals surface area contributed by atoms with Crippen molar-refractivity contribution >= 4 is 11.8 Å². The van der Waals surface area contributed by atoms with Gasteiger partial charge >= 0.3 is 0 Å². The molecule has 0 saturated heterocycles. The first-order valence-corrected chi connectivity index (χ1v) is 6.63. The number of rotatable bonds is 5. The molecule has 0 fully saturated rings. The van der Waals surface area contributed by atoms with Gasteiger partial charge in [-0.3, -0.25) is 4.79 Å². The molecule has 0 aromatic carbocycles. The van der Waals surface area contributed by atoms with Gasteiger partial charge in [0.15, 0.2) is 0 Å². The van der Waals surface area contributed by atoms with Crippen LogP contribution in [0.2, 0.25) is 0 Å². The Morgan fingerprint density at radius 2 is 2.29 bits per heavy atom. The second-order valence-corrected chi connectivity index (χ2v) is 4.64. The van der Waals surface area contributed by atoms with Gasteiger partial charge in [-0.25, -0.2) is 4.98 Å². The number of carbonyl (C=O) groups excluding carboxylic acids is 1. The number of ether oxygens (including phenoxy) is 1. The Morgan fingerprint density at radius 1 is 1.52 bits per heavy atom. The summed E-state index contributed by atoms with van der Waals surface area (Å²) < 4.78 is 9.95. The van der Waals surface area contributed by atoms with Gasteiger partial charge in [0.1, 0.15) is 11.3 Å². The van der Waals surface area contributed by atoms with Gasteiger partial charge in [0.25, 0.3) is 5.91 Å². The Labute approximate surface area is 122 Å². The lowest BCUT2D eigenvalue weighted by molar-refractivity contribution is 0.0940. The van der Waals surface area contributed by atoms with Crippen LogP contribution in [-0.2, 0) is 0 Å². The first-order valence-electron chi connectivity index (χ1n) is 6.63. The molecule has 21 heavy (non-hydrogen) atoms. The zero-order valence-electron chi connectivity index (χ0n) is 12.2. The topological polar surface area (TPSA) is 103 Å². The molecule has 0 aliphatic heterocycles. The molecular weight excluding hydrogens is 272 g/mol. The van der Waals surface area contributed by atoms with E-state index in [1.165, 1.54) is 7.11 Å². The minimum atomic E-state index is -0.311. The highest BCUT2D eigenvalue weighted by Crippen LogP contribution is 2.27. The molecule has 0 spiro atoms. The number of hydrogen-bond donors (Lipinski definition) is 2. The van der Waals surface area contributed by atoms with E-state index < -0.39 is 0 Å². The quantitative estimate of drug-likeness (QED) is 0.871. The number of nitrogen functional groups attached to an aromatic ring is 1. The molecule has 2 aromatic rings. The molecule has 0 saturated carbocycles. The van der Waals surface area contributed by atoms with Crippen molar-refractivity contribution in [3.63, 3.8) is 0 Å². The maximum absolute atomic E-state index is 12.3. The van der Waals surface area contributed by atoms with Gasteiger partial charge in [-0.05, 0) is 19.4 Å². The van der Waals surface area contributed by atoms with E-state index in [9.17, 15) is 4.79 Å². The molecule has 112 valence electrons. The zero-order valence-corrected chi connectivity index (χ0v) is 12.2. The average molecular weight is 290 g/mol. The third-order valence-corrected chi connectivity index (χ3v) is 3.15. The van der Waals surface area contributed by atoms with Crippen molar-refractivity contribution in [3.05, 3.63) is 23.9 Å². The largest absolute Gasteiger partial charge is 0.481 e. The number of hydrogen-bond acceptors (Lipinski definition) is 6. The number of carbonyl (C=O) groups is 1. The first-order chi connectivity index (χ1) is 10.1. The minimum Gasteiger partial charge on any atom is -0.481 e. The van der Waals surface area contributed by atoms with Crippen LogP contribution >= 0.6 is 0 Å². The van der Waals surface area contributed by atoms with Crippen LogP contribution in [-0.4, -0.2) is 29.2 Å². The monoisotopic (exact) mass is 290 g/mol. The van der Waals surface area contributed by atoms with E-state index in [1.807, 2.05) is 13.8 Å². The van der Waals surface area contributed by atoms with Crippen LogP contribution in [0, 0.1) is 0 Å². The van der Waals surface area contributed by atoms with Crippen molar-refractivity contribution in [2.75, 3.05) is 12.8 Å². The second-order valence-electron chi connectivity index (χ2n) is 4.64. The first kappa shape index (κ1) is 14.8. The van der Waals surface area contributed by atoms with E-state index in [4.69, 9.17) is 15.0 Å². The zero-order chi connectivity index (χ0) is 15.4. The van der Waals surface area contributed by atoms with Gasteiger partial charge in [0, 0.05) is 23.9 Å². The third kappa shape index (κ3) is 3.13. The molecule has 0 aliphatic carbocycles. The van der Waals surface area contributed by atoms with Gasteiger partial charge < -0.3 is 20.3 Å². The number of anilines is 1. The molecular formula is C14H18N4O3. The van der Waals surface area contributed by atoms with E-state index in [0.29, 0.717) is 17.1 Å². The van der Waals surface area contributed by atoms with Gasteiger partial charge in [-0.2, -0.15) is 0 Å². The number of nitrogens with one attached hydrogen (secondary N) is 1. The molecule has 2 rings (SSSR count). The minimum absolute atomic E-state index is 0.0124. The predicted molar refractivity (Wildman–Crippen MR) is 77.9 cm³/mol. The van der Waals surface area contributed by atoms with Crippen molar-refractivity contribution in [2.45, 2.75) is 26.3 Å². The van der Waals surface area contributed by atoms with E-state index in [2.05, 4.69) is 15.5 Å². The normalized spacial score (nSPS) is 12.0. The van der Waals surface area contributed by atoms with Crippen LogP contribution in [0.15, 0.2) is 22.9 Å². The van der Waals surface area contributed by atoms with E-state index >= 15 is 0 Å². The van der Waals surface area contributed by atoms with E-state index in [-0.39, 0.29) is 23.4 Å². The number of nitrogens with zero attached hydrogens (tertiary/aromatic N) is 2. The fraction of sp³-hybridized carbons (Fsp3) is 0.357.